The van der Waals surface area contributed by atoms with Crippen LogP contribution in [0.15, 0.2) is 35.7 Å². The van der Waals surface area contributed by atoms with Crippen LogP contribution in [0.3, 0.4) is 0 Å². The fraction of sp³-hybridized carbons (Fsp3) is 0.400. The standard InChI is InChI=1S/C15H20N2OS/c1-12(2)16-10-13-11-19-15(17-13)8-9-18-14-6-4-3-5-7-14/h3-7,11-12,16H,8-10H2,1-2H3. The molecule has 0 amide bonds. The lowest BCUT2D eigenvalue weighted by molar-refractivity contribution is 0.321. The number of aromatic nitrogens is 1. The molecule has 3 nitrogen and oxygen atoms in total. The summed E-state index contributed by atoms with van der Waals surface area (Å²) in [5.74, 6) is 0.917. The summed E-state index contributed by atoms with van der Waals surface area (Å²) >= 11 is 1.71. The van der Waals surface area contributed by atoms with Crippen LogP contribution >= 0.6 is 11.3 Å². The molecule has 0 aliphatic carbocycles. The normalized spacial score (nSPS) is 10.9. The highest BCUT2D eigenvalue weighted by Gasteiger charge is 2.03. The molecular formula is C15H20N2OS. The summed E-state index contributed by atoms with van der Waals surface area (Å²) in [6.07, 6.45) is 0.862. The minimum absolute atomic E-state index is 0.492. The van der Waals surface area contributed by atoms with Crippen LogP contribution in [0.25, 0.3) is 0 Å². The number of hydrogen-bond acceptors (Lipinski definition) is 4. The van der Waals surface area contributed by atoms with Crippen molar-refractivity contribution in [2.75, 3.05) is 6.61 Å². The van der Waals surface area contributed by atoms with Crippen LogP contribution in [0.4, 0.5) is 0 Å². The molecule has 0 saturated carbocycles. The largest absolute Gasteiger partial charge is 0.493 e. The van der Waals surface area contributed by atoms with Crippen LogP contribution in [-0.2, 0) is 13.0 Å². The average molecular weight is 276 g/mol. The summed E-state index contributed by atoms with van der Waals surface area (Å²) in [7, 11) is 0. The maximum atomic E-state index is 5.67. The van der Waals surface area contributed by atoms with Gasteiger partial charge in [-0.05, 0) is 12.1 Å². The first kappa shape index (κ1) is 14.0. The Bertz CT molecular complexity index is 482. The third-order valence-corrected chi connectivity index (χ3v) is 3.58. The molecule has 102 valence electrons. The molecule has 1 N–H and O–H groups in total. The van der Waals surface area contributed by atoms with Gasteiger partial charge in [-0.3, -0.25) is 0 Å². The molecular weight excluding hydrogens is 256 g/mol. The van der Waals surface area contributed by atoms with Crippen molar-refractivity contribution in [3.8, 4) is 5.75 Å². The lowest BCUT2D eigenvalue weighted by Gasteiger charge is -2.05. The summed E-state index contributed by atoms with van der Waals surface area (Å²) in [4.78, 5) is 4.59. The molecule has 0 unspecified atom stereocenters. The van der Waals surface area contributed by atoms with Gasteiger partial charge in [0.25, 0.3) is 0 Å². The van der Waals surface area contributed by atoms with E-state index in [1.165, 1.54) is 0 Å². The predicted molar refractivity (Wildman–Crippen MR) is 79.7 cm³/mol. The van der Waals surface area contributed by atoms with Crippen molar-refractivity contribution in [3.05, 3.63) is 46.4 Å². The van der Waals surface area contributed by atoms with Gasteiger partial charge in [0.2, 0.25) is 0 Å². The maximum absolute atomic E-state index is 5.67. The summed E-state index contributed by atoms with van der Waals surface area (Å²) in [6, 6.07) is 10.4. The minimum atomic E-state index is 0.492. The highest BCUT2D eigenvalue weighted by atomic mass is 32.1. The summed E-state index contributed by atoms with van der Waals surface area (Å²) in [6.45, 7) is 5.80. The van der Waals surface area contributed by atoms with E-state index in [1.807, 2.05) is 30.3 Å². The molecule has 2 aromatic rings. The van der Waals surface area contributed by atoms with Crippen molar-refractivity contribution in [1.29, 1.82) is 0 Å². The molecule has 1 aromatic heterocycles. The number of benzene rings is 1. The smallest absolute Gasteiger partial charge is 0.119 e. The molecule has 0 aliphatic heterocycles. The van der Waals surface area contributed by atoms with Crippen molar-refractivity contribution >= 4 is 11.3 Å². The Balaban J connectivity index is 1.74. The predicted octanol–water partition coefficient (Wildman–Crippen LogP) is 3.26. The van der Waals surface area contributed by atoms with Crippen LogP contribution in [0.1, 0.15) is 24.5 Å². The van der Waals surface area contributed by atoms with Gasteiger partial charge < -0.3 is 10.1 Å². The molecule has 0 aliphatic rings. The molecule has 2 rings (SSSR count). The van der Waals surface area contributed by atoms with Crippen molar-refractivity contribution in [1.82, 2.24) is 10.3 Å². The molecule has 19 heavy (non-hydrogen) atoms. The fourth-order valence-electron chi connectivity index (χ4n) is 1.63. The van der Waals surface area contributed by atoms with E-state index in [0.717, 1.165) is 29.4 Å². The van der Waals surface area contributed by atoms with E-state index in [9.17, 15) is 0 Å². The molecule has 0 atom stereocenters. The number of hydrogen-bond donors (Lipinski definition) is 1. The average Bonchev–Trinajstić information content (AvgIpc) is 2.86. The monoisotopic (exact) mass is 276 g/mol. The van der Waals surface area contributed by atoms with Gasteiger partial charge >= 0.3 is 0 Å². The van der Waals surface area contributed by atoms with E-state index >= 15 is 0 Å². The quantitative estimate of drug-likeness (QED) is 0.843. The lowest BCUT2D eigenvalue weighted by Crippen LogP contribution is -2.21. The minimum Gasteiger partial charge on any atom is -0.493 e. The topological polar surface area (TPSA) is 34.1 Å². The molecule has 0 saturated heterocycles. The van der Waals surface area contributed by atoms with Gasteiger partial charge in [0.15, 0.2) is 0 Å². The van der Waals surface area contributed by atoms with Crippen LogP contribution in [0.5, 0.6) is 5.75 Å². The second kappa shape index (κ2) is 7.26. The van der Waals surface area contributed by atoms with Crippen molar-refractivity contribution in [2.45, 2.75) is 32.9 Å². The van der Waals surface area contributed by atoms with Gasteiger partial charge in [-0.15, -0.1) is 11.3 Å². The van der Waals surface area contributed by atoms with Crippen molar-refractivity contribution < 1.29 is 4.74 Å². The van der Waals surface area contributed by atoms with Gasteiger partial charge in [-0.25, -0.2) is 4.98 Å². The number of thiazole rings is 1. The number of ether oxygens (including phenoxy) is 1. The fourth-order valence-corrected chi connectivity index (χ4v) is 2.41. The second-order valence-corrected chi connectivity index (χ2v) is 5.62. The first-order chi connectivity index (χ1) is 9.24. The van der Waals surface area contributed by atoms with E-state index in [-0.39, 0.29) is 0 Å². The Morgan fingerprint density at radius 1 is 1.26 bits per heavy atom. The van der Waals surface area contributed by atoms with Crippen LogP contribution in [-0.4, -0.2) is 17.6 Å². The van der Waals surface area contributed by atoms with E-state index in [0.29, 0.717) is 12.6 Å². The Morgan fingerprint density at radius 2 is 2.05 bits per heavy atom. The first-order valence-electron chi connectivity index (χ1n) is 6.58. The summed E-state index contributed by atoms with van der Waals surface area (Å²) in [5, 5.41) is 6.62. The number of nitrogens with zero attached hydrogens (tertiary/aromatic N) is 1. The van der Waals surface area contributed by atoms with E-state index < -0.39 is 0 Å². The van der Waals surface area contributed by atoms with Gasteiger partial charge in [-0.1, -0.05) is 32.0 Å². The van der Waals surface area contributed by atoms with E-state index in [1.54, 1.807) is 11.3 Å². The zero-order chi connectivity index (χ0) is 13.5. The Morgan fingerprint density at radius 3 is 2.79 bits per heavy atom. The first-order valence-corrected chi connectivity index (χ1v) is 7.46. The Hall–Kier alpha value is -1.39. The zero-order valence-electron chi connectivity index (χ0n) is 11.4. The lowest BCUT2D eigenvalue weighted by atomic mass is 10.3. The highest BCUT2D eigenvalue weighted by Crippen LogP contribution is 2.12. The Kier molecular flexibility index (Phi) is 5.36. The van der Waals surface area contributed by atoms with E-state index in [4.69, 9.17) is 4.74 Å². The molecule has 0 bridgehead atoms. The van der Waals surface area contributed by atoms with E-state index in [2.05, 4.69) is 29.5 Å². The molecule has 1 aromatic carbocycles. The Labute approximate surface area is 118 Å². The van der Waals surface area contributed by atoms with Gasteiger partial charge in [0.1, 0.15) is 5.75 Å². The molecule has 0 fully saturated rings. The zero-order valence-corrected chi connectivity index (χ0v) is 12.2. The van der Waals surface area contributed by atoms with Crippen LogP contribution < -0.4 is 10.1 Å². The van der Waals surface area contributed by atoms with Gasteiger partial charge in [-0.2, -0.15) is 0 Å². The molecule has 0 radical (unpaired) electrons. The molecule has 1 heterocycles. The number of nitrogens with one attached hydrogen (secondary N) is 1. The van der Waals surface area contributed by atoms with Crippen LogP contribution in [0.2, 0.25) is 0 Å². The third-order valence-electron chi connectivity index (χ3n) is 2.62. The molecule has 0 spiro atoms. The SMILES string of the molecule is CC(C)NCc1csc(CCOc2ccccc2)n1. The second-order valence-electron chi connectivity index (χ2n) is 4.68. The van der Waals surface area contributed by atoms with Crippen molar-refractivity contribution in [3.63, 3.8) is 0 Å². The number of rotatable bonds is 7. The molecule has 4 heteroatoms. The summed E-state index contributed by atoms with van der Waals surface area (Å²) < 4.78 is 5.67. The van der Waals surface area contributed by atoms with Gasteiger partial charge in [0.05, 0.1) is 17.3 Å². The third kappa shape index (κ3) is 5.01. The van der Waals surface area contributed by atoms with Gasteiger partial charge in [0, 0.05) is 24.4 Å². The summed E-state index contributed by atoms with van der Waals surface area (Å²) in [5.41, 5.74) is 1.12. The van der Waals surface area contributed by atoms with Crippen LogP contribution in [0, 0.1) is 0 Å². The highest BCUT2D eigenvalue weighted by molar-refractivity contribution is 7.09. The van der Waals surface area contributed by atoms with Crippen molar-refractivity contribution in [2.24, 2.45) is 0 Å². The number of para-hydroxylation sites is 1. The maximum Gasteiger partial charge on any atom is 0.119 e.